The van der Waals surface area contributed by atoms with Gasteiger partial charge in [0.1, 0.15) is 0 Å². The Balaban J connectivity index is 2.46. The van der Waals surface area contributed by atoms with Crippen LogP contribution in [0.3, 0.4) is 0 Å². The fraction of sp³-hybridized carbons (Fsp3) is 1.00. The van der Waals surface area contributed by atoms with Crippen LogP contribution in [-0.4, -0.2) is 23.4 Å². The lowest BCUT2D eigenvalue weighted by Crippen LogP contribution is -2.24. The van der Waals surface area contributed by atoms with Gasteiger partial charge in [-0.2, -0.15) is 0 Å². The fourth-order valence-electron chi connectivity index (χ4n) is 4.35. The highest BCUT2D eigenvalue weighted by atomic mass is 16.3. The van der Waals surface area contributed by atoms with Crippen LogP contribution in [0.25, 0.3) is 0 Å². The van der Waals surface area contributed by atoms with Crippen molar-refractivity contribution in [2.45, 2.75) is 116 Å². The first kappa shape index (κ1) is 21.0. The summed E-state index contributed by atoms with van der Waals surface area (Å²) in [5.41, 5.74) is 0.206. The van der Waals surface area contributed by atoms with Crippen molar-refractivity contribution >= 4 is 0 Å². The van der Waals surface area contributed by atoms with E-state index in [4.69, 9.17) is 0 Å². The summed E-state index contributed by atoms with van der Waals surface area (Å²) in [7, 11) is 0. The van der Waals surface area contributed by atoms with Crippen molar-refractivity contribution in [2.75, 3.05) is 13.2 Å². The van der Waals surface area contributed by atoms with Crippen molar-refractivity contribution in [1.29, 1.82) is 0 Å². The molecule has 0 aromatic rings. The zero-order valence-electron chi connectivity index (χ0n) is 15.5. The van der Waals surface area contributed by atoms with Crippen LogP contribution in [0.1, 0.15) is 116 Å². The summed E-state index contributed by atoms with van der Waals surface area (Å²) < 4.78 is 0. The minimum absolute atomic E-state index is 0.206. The van der Waals surface area contributed by atoms with E-state index in [2.05, 4.69) is 0 Å². The maximum atomic E-state index is 9.50. The van der Waals surface area contributed by atoms with Crippen LogP contribution in [-0.2, 0) is 0 Å². The van der Waals surface area contributed by atoms with Gasteiger partial charge in [0.15, 0.2) is 0 Å². The molecule has 138 valence electrons. The number of aliphatic hydroxyl groups excluding tert-OH is 2. The van der Waals surface area contributed by atoms with Gasteiger partial charge in [-0.3, -0.25) is 0 Å². The molecule has 0 bridgehead atoms. The maximum absolute atomic E-state index is 9.50. The van der Waals surface area contributed by atoms with Crippen molar-refractivity contribution in [2.24, 2.45) is 5.41 Å². The summed E-state index contributed by atoms with van der Waals surface area (Å²) in [6.45, 7) is 0.556. The Labute approximate surface area is 145 Å². The molecule has 0 amide bonds. The van der Waals surface area contributed by atoms with Crippen molar-refractivity contribution < 1.29 is 10.2 Å². The predicted octanol–water partition coefficient (Wildman–Crippen LogP) is 5.99. The Morgan fingerprint density at radius 1 is 0.435 bits per heavy atom. The van der Waals surface area contributed by atoms with Gasteiger partial charge in [-0.1, -0.05) is 89.9 Å². The van der Waals surface area contributed by atoms with Gasteiger partial charge >= 0.3 is 0 Å². The Bertz CT molecular complexity index is 226. The number of hydrogen-bond acceptors (Lipinski definition) is 2. The average molecular weight is 327 g/mol. The largest absolute Gasteiger partial charge is 0.396 e. The first-order valence-electron chi connectivity index (χ1n) is 10.5. The summed E-state index contributed by atoms with van der Waals surface area (Å²) in [4.78, 5) is 0. The van der Waals surface area contributed by atoms with Crippen molar-refractivity contribution in [1.82, 2.24) is 0 Å². The highest BCUT2D eigenvalue weighted by Gasteiger charge is 2.27. The van der Waals surface area contributed by atoms with Gasteiger partial charge in [-0.05, 0) is 31.1 Å². The van der Waals surface area contributed by atoms with Crippen LogP contribution < -0.4 is 0 Å². The average Bonchev–Trinajstić information content (AvgIpc) is 2.54. The maximum Gasteiger partial charge on any atom is 0.0436 e. The van der Waals surface area contributed by atoms with Crippen LogP contribution in [0.2, 0.25) is 0 Å². The zero-order valence-corrected chi connectivity index (χ0v) is 15.5. The number of aliphatic hydroxyl groups is 2. The first-order valence-corrected chi connectivity index (χ1v) is 10.5. The van der Waals surface area contributed by atoms with E-state index >= 15 is 0 Å². The highest BCUT2D eigenvalue weighted by molar-refractivity contribution is 4.79. The third-order valence-corrected chi connectivity index (χ3v) is 5.95. The molecule has 0 atom stereocenters. The molecule has 0 heterocycles. The first-order chi connectivity index (χ1) is 11.3. The molecular weight excluding hydrogens is 284 g/mol. The second-order valence-electron chi connectivity index (χ2n) is 7.90. The zero-order chi connectivity index (χ0) is 16.6. The summed E-state index contributed by atoms with van der Waals surface area (Å²) in [5.74, 6) is 0. The quantitative estimate of drug-likeness (QED) is 0.666. The highest BCUT2D eigenvalue weighted by Crippen LogP contribution is 2.38. The molecule has 0 aromatic heterocycles. The molecule has 0 aliphatic heterocycles. The summed E-state index contributed by atoms with van der Waals surface area (Å²) in [5, 5.41) is 19.0. The van der Waals surface area contributed by atoms with Crippen LogP contribution >= 0.6 is 0 Å². The second kappa shape index (κ2) is 14.3. The molecule has 0 unspecified atom stereocenters. The molecule has 1 aliphatic carbocycles. The van der Waals surface area contributed by atoms with Gasteiger partial charge < -0.3 is 10.2 Å². The van der Waals surface area contributed by atoms with Crippen molar-refractivity contribution in [3.8, 4) is 0 Å². The Hall–Kier alpha value is -0.0800. The summed E-state index contributed by atoms with van der Waals surface area (Å²) in [6.07, 6.45) is 23.5. The van der Waals surface area contributed by atoms with E-state index in [1.807, 2.05) is 0 Å². The molecule has 2 N–H and O–H groups in total. The minimum atomic E-state index is 0.206. The normalized spacial score (nSPS) is 23.2. The van der Waals surface area contributed by atoms with E-state index in [9.17, 15) is 10.2 Å². The van der Waals surface area contributed by atoms with E-state index < -0.39 is 0 Å². The lowest BCUT2D eigenvalue weighted by atomic mass is 9.73. The summed E-state index contributed by atoms with van der Waals surface area (Å²) >= 11 is 0. The van der Waals surface area contributed by atoms with E-state index in [1.165, 1.54) is 103 Å². The number of hydrogen-bond donors (Lipinski definition) is 2. The predicted molar refractivity (Wildman–Crippen MR) is 99.7 cm³/mol. The van der Waals surface area contributed by atoms with Crippen LogP contribution in [0.5, 0.6) is 0 Å². The van der Waals surface area contributed by atoms with Gasteiger partial charge in [-0.25, -0.2) is 0 Å². The number of rotatable bonds is 4. The standard InChI is InChI=1S/C21H42O2/c22-19-17-21(18-20-23)15-13-11-9-7-5-3-1-2-4-6-8-10-12-14-16-21/h22-23H,1-20H2. The van der Waals surface area contributed by atoms with E-state index in [0.29, 0.717) is 0 Å². The minimum Gasteiger partial charge on any atom is -0.396 e. The second-order valence-corrected chi connectivity index (χ2v) is 7.90. The molecular formula is C21H42O2. The van der Waals surface area contributed by atoms with Crippen molar-refractivity contribution in [3.05, 3.63) is 0 Å². The van der Waals surface area contributed by atoms with Crippen LogP contribution in [0.4, 0.5) is 0 Å². The molecule has 1 saturated carbocycles. The Kier molecular flexibility index (Phi) is 13.0. The Morgan fingerprint density at radius 3 is 0.957 bits per heavy atom. The van der Waals surface area contributed by atoms with E-state index in [0.717, 1.165) is 12.8 Å². The topological polar surface area (TPSA) is 40.5 Å². The third-order valence-electron chi connectivity index (χ3n) is 5.95. The molecule has 0 aromatic carbocycles. The van der Waals surface area contributed by atoms with Gasteiger partial charge in [0.25, 0.3) is 0 Å². The molecule has 1 aliphatic rings. The van der Waals surface area contributed by atoms with Crippen LogP contribution in [0.15, 0.2) is 0 Å². The molecule has 1 rings (SSSR count). The monoisotopic (exact) mass is 326 g/mol. The molecule has 2 nitrogen and oxygen atoms in total. The molecule has 2 heteroatoms. The molecule has 0 spiro atoms. The Morgan fingerprint density at radius 2 is 0.696 bits per heavy atom. The van der Waals surface area contributed by atoms with Crippen LogP contribution in [0, 0.1) is 5.41 Å². The molecule has 23 heavy (non-hydrogen) atoms. The third kappa shape index (κ3) is 10.4. The fourth-order valence-corrected chi connectivity index (χ4v) is 4.35. The lowest BCUT2D eigenvalue weighted by molar-refractivity contribution is 0.108. The molecule has 0 saturated heterocycles. The van der Waals surface area contributed by atoms with Gasteiger partial charge in [0.05, 0.1) is 0 Å². The molecule has 1 fully saturated rings. The smallest absolute Gasteiger partial charge is 0.0436 e. The molecule has 0 radical (unpaired) electrons. The van der Waals surface area contributed by atoms with Gasteiger partial charge in [0.2, 0.25) is 0 Å². The van der Waals surface area contributed by atoms with E-state index in [-0.39, 0.29) is 18.6 Å². The van der Waals surface area contributed by atoms with Gasteiger partial charge in [0, 0.05) is 13.2 Å². The van der Waals surface area contributed by atoms with Crippen molar-refractivity contribution in [3.63, 3.8) is 0 Å². The van der Waals surface area contributed by atoms with Gasteiger partial charge in [-0.15, -0.1) is 0 Å². The SMILES string of the molecule is OCCC1(CCO)CCCCCCCCCCCCCCCC1. The lowest BCUT2D eigenvalue weighted by Gasteiger charge is -2.33. The summed E-state index contributed by atoms with van der Waals surface area (Å²) in [6, 6.07) is 0. The van der Waals surface area contributed by atoms with E-state index in [1.54, 1.807) is 0 Å².